The maximum absolute atomic E-state index is 10.9. The van der Waals surface area contributed by atoms with E-state index in [1.807, 2.05) is 0 Å². The standard InChI is InChI=1S/C12H13NO4/c1-7-13-9-6-8(4-5-10(9)16-7)17-12(2,3)11(14)15/h4-6H,1-3H3,(H,14,15). The predicted molar refractivity (Wildman–Crippen MR) is 61.1 cm³/mol. The van der Waals surface area contributed by atoms with Gasteiger partial charge in [-0.05, 0) is 26.0 Å². The molecule has 0 aliphatic heterocycles. The van der Waals surface area contributed by atoms with Crippen LogP contribution >= 0.6 is 0 Å². The van der Waals surface area contributed by atoms with Gasteiger partial charge in [0.1, 0.15) is 11.3 Å². The third-order valence-corrected chi connectivity index (χ3v) is 2.35. The third-order valence-electron chi connectivity index (χ3n) is 2.35. The number of oxazole rings is 1. The van der Waals surface area contributed by atoms with Crippen molar-refractivity contribution in [3.05, 3.63) is 24.1 Å². The van der Waals surface area contributed by atoms with Crippen LogP contribution in [0.2, 0.25) is 0 Å². The second kappa shape index (κ2) is 3.76. The van der Waals surface area contributed by atoms with Crippen LogP contribution in [0.5, 0.6) is 5.75 Å². The van der Waals surface area contributed by atoms with E-state index in [1.165, 1.54) is 13.8 Å². The minimum absolute atomic E-state index is 0.457. The number of hydrogen-bond acceptors (Lipinski definition) is 4. The molecule has 1 aromatic carbocycles. The highest BCUT2D eigenvalue weighted by atomic mass is 16.5. The number of carboxylic acid groups (broad SMARTS) is 1. The van der Waals surface area contributed by atoms with Gasteiger partial charge in [-0.25, -0.2) is 9.78 Å². The average molecular weight is 235 g/mol. The average Bonchev–Trinajstić information content (AvgIpc) is 2.56. The minimum Gasteiger partial charge on any atom is -0.478 e. The number of rotatable bonds is 3. The molecule has 0 unspecified atom stereocenters. The van der Waals surface area contributed by atoms with Crippen molar-refractivity contribution >= 4 is 17.1 Å². The molecule has 5 heteroatoms. The van der Waals surface area contributed by atoms with E-state index in [0.29, 0.717) is 22.7 Å². The fourth-order valence-electron chi connectivity index (χ4n) is 1.42. The number of aromatic nitrogens is 1. The van der Waals surface area contributed by atoms with E-state index in [4.69, 9.17) is 14.3 Å². The second-order valence-electron chi connectivity index (χ2n) is 4.28. The van der Waals surface area contributed by atoms with Crippen LogP contribution in [0.3, 0.4) is 0 Å². The Bertz CT molecular complexity index is 571. The van der Waals surface area contributed by atoms with Gasteiger partial charge in [0.05, 0.1) is 0 Å². The van der Waals surface area contributed by atoms with Crippen molar-refractivity contribution in [2.75, 3.05) is 0 Å². The lowest BCUT2D eigenvalue weighted by atomic mass is 10.1. The normalized spacial score (nSPS) is 11.7. The highest BCUT2D eigenvalue weighted by Gasteiger charge is 2.29. The Morgan fingerprint density at radius 3 is 2.82 bits per heavy atom. The van der Waals surface area contributed by atoms with Crippen LogP contribution in [-0.2, 0) is 4.79 Å². The molecule has 1 heterocycles. The fraction of sp³-hybridized carbons (Fsp3) is 0.333. The van der Waals surface area contributed by atoms with E-state index in [9.17, 15) is 4.79 Å². The van der Waals surface area contributed by atoms with Crippen molar-refractivity contribution in [2.24, 2.45) is 0 Å². The zero-order valence-electron chi connectivity index (χ0n) is 9.85. The molecule has 90 valence electrons. The number of hydrogen-bond donors (Lipinski definition) is 1. The van der Waals surface area contributed by atoms with E-state index in [0.717, 1.165) is 0 Å². The first kappa shape index (κ1) is 11.4. The molecule has 0 bridgehead atoms. The number of nitrogens with zero attached hydrogens (tertiary/aromatic N) is 1. The van der Waals surface area contributed by atoms with Gasteiger partial charge in [0.15, 0.2) is 17.1 Å². The van der Waals surface area contributed by atoms with Crippen LogP contribution in [0.25, 0.3) is 11.1 Å². The molecule has 17 heavy (non-hydrogen) atoms. The summed E-state index contributed by atoms with van der Waals surface area (Å²) >= 11 is 0. The quantitative estimate of drug-likeness (QED) is 0.884. The van der Waals surface area contributed by atoms with Gasteiger partial charge in [-0.3, -0.25) is 0 Å². The monoisotopic (exact) mass is 235 g/mol. The number of aliphatic carboxylic acids is 1. The summed E-state index contributed by atoms with van der Waals surface area (Å²) in [5.41, 5.74) is 0.0380. The summed E-state index contributed by atoms with van der Waals surface area (Å²) in [6.07, 6.45) is 0. The van der Waals surface area contributed by atoms with Crippen molar-refractivity contribution in [1.82, 2.24) is 4.98 Å². The molecule has 0 saturated heterocycles. The molecular weight excluding hydrogens is 222 g/mol. The third kappa shape index (κ3) is 2.22. The highest BCUT2D eigenvalue weighted by Crippen LogP contribution is 2.24. The molecule has 2 rings (SSSR count). The molecule has 0 atom stereocenters. The first-order valence-electron chi connectivity index (χ1n) is 5.18. The van der Waals surface area contributed by atoms with Crippen molar-refractivity contribution < 1.29 is 19.1 Å². The number of carboxylic acids is 1. The summed E-state index contributed by atoms with van der Waals surface area (Å²) in [5, 5.41) is 8.96. The van der Waals surface area contributed by atoms with E-state index < -0.39 is 11.6 Å². The topological polar surface area (TPSA) is 72.6 Å². The summed E-state index contributed by atoms with van der Waals surface area (Å²) in [7, 11) is 0. The van der Waals surface area contributed by atoms with Gasteiger partial charge in [-0.1, -0.05) is 0 Å². The van der Waals surface area contributed by atoms with Crippen molar-refractivity contribution in [3.63, 3.8) is 0 Å². The zero-order valence-corrected chi connectivity index (χ0v) is 9.85. The summed E-state index contributed by atoms with van der Waals surface area (Å²) < 4.78 is 10.7. The first-order valence-corrected chi connectivity index (χ1v) is 5.18. The molecule has 1 aromatic heterocycles. The largest absolute Gasteiger partial charge is 0.478 e. The molecule has 0 aliphatic carbocycles. The lowest BCUT2D eigenvalue weighted by Crippen LogP contribution is -2.37. The Kier molecular flexibility index (Phi) is 2.53. The van der Waals surface area contributed by atoms with Gasteiger partial charge in [0.25, 0.3) is 0 Å². The van der Waals surface area contributed by atoms with E-state index in [-0.39, 0.29) is 0 Å². The van der Waals surface area contributed by atoms with Gasteiger partial charge in [0, 0.05) is 13.0 Å². The lowest BCUT2D eigenvalue weighted by molar-refractivity contribution is -0.152. The molecule has 0 radical (unpaired) electrons. The summed E-state index contributed by atoms with van der Waals surface area (Å²) in [6.45, 7) is 4.74. The number of benzene rings is 1. The second-order valence-corrected chi connectivity index (χ2v) is 4.28. The first-order chi connectivity index (χ1) is 7.88. The van der Waals surface area contributed by atoms with Crippen LogP contribution in [0.15, 0.2) is 22.6 Å². The summed E-state index contributed by atoms with van der Waals surface area (Å²) in [6, 6.07) is 5.04. The molecule has 0 spiro atoms. The van der Waals surface area contributed by atoms with Gasteiger partial charge in [-0.15, -0.1) is 0 Å². The Labute approximate surface area is 98.0 Å². The maximum atomic E-state index is 10.9. The number of fused-ring (bicyclic) bond motifs is 1. The Morgan fingerprint density at radius 2 is 2.18 bits per heavy atom. The summed E-state index contributed by atoms with van der Waals surface area (Å²) in [4.78, 5) is 15.1. The van der Waals surface area contributed by atoms with Gasteiger partial charge >= 0.3 is 5.97 Å². The van der Waals surface area contributed by atoms with Crippen LogP contribution < -0.4 is 4.74 Å². The summed E-state index contributed by atoms with van der Waals surface area (Å²) in [5.74, 6) is 0.00164. The number of ether oxygens (including phenoxy) is 1. The van der Waals surface area contributed by atoms with E-state index >= 15 is 0 Å². The Balaban J connectivity index is 2.34. The molecular formula is C12H13NO4. The van der Waals surface area contributed by atoms with Crippen LogP contribution in [0.4, 0.5) is 0 Å². The molecule has 0 fully saturated rings. The van der Waals surface area contributed by atoms with Crippen LogP contribution in [0.1, 0.15) is 19.7 Å². The lowest BCUT2D eigenvalue weighted by Gasteiger charge is -2.21. The van der Waals surface area contributed by atoms with Gasteiger partial charge in [0.2, 0.25) is 0 Å². The van der Waals surface area contributed by atoms with Gasteiger partial charge < -0.3 is 14.3 Å². The van der Waals surface area contributed by atoms with Crippen molar-refractivity contribution in [2.45, 2.75) is 26.4 Å². The van der Waals surface area contributed by atoms with Gasteiger partial charge in [-0.2, -0.15) is 0 Å². The fourth-order valence-corrected chi connectivity index (χ4v) is 1.42. The van der Waals surface area contributed by atoms with E-state index in [2.05, 4.69) is 4.98 Å². The zero-order chi connectivity index (χ0) is 12.6. The number of aryl methyl sites for hydroxylation is 1. The Hall–Kier alpha value is -2.04. The minimum atomic E-state index is -1.27. The maximum Gasteiger partial charge on any atom is 0.347 e. The molecule has 0 saturated carbocycles. The highest BCUT2D eigenvalue weighted by molar-refractivity contribution is 5.78. The molecule has 1 N–H and O–H groups in total. The van der Waals surface area contributed by atoms with Crippen LogP contribution in [-0.4, -0.2) is 21.7 Å². The van der Waals surface area contributed by atoms with E-state index in [1.54, 1.807) is 25.1 Å². The smallest absolute Gasteiger partial charge is 0.347 e. The predicted octanol–water partition coefficient (Wildman–Crippen LogP) is 2.38. The van der Waals surface area contributed by atoms with Crippen LogP contribution in [0, 0.1) is 6.92 Å². The Morgan fingerprint density at radius 1 is 1.47 bits per heavy atom. The number of carbonyl (C=O) groups is 1. The SMILES string of the molecule is Cc1nc2cc(OC(C)(C)C(=O)O)ccc2o1. The molecule has 0 aliphatic rings. The van der Waals surface area contributed by atoms with Crippen molar-refractivity contribution in [3.8, 4) is 5.75 Å². The van der Waals surface area contributed by atoms with Crippen molar-refractivity contribution in [1.29, 1.82) is 0 Å². The molecule has 0 amide bonds. The molecule has 5 nitrogen and oxygen atoms in total. The molecule has 2 aromatic rings.